The number of nitrogens with one attached hydrogen (secondary N) is 2. The predicted octanol–water partition coefficient (Wildman–Crippen LogP) is 4.98. The van der Waals surface area contributed by atoms with E-state index in [-0.39, 0.29) is 43.3 Å². The average molecular weight is 513 g/mol. The first kappa shape index (κ1) is 29.0. The molecule has 8 heteroatoms. The van der Waals surface area contributed by atoms with Gasteiger partial charge >= 0.3 is 0 Å². The van der Waals surface area contributed by atoms with Crippen molar-refractivity contribution in [3.05, 3.63) is 95.1 Å². The Labute approximate surface area is 214 Å². The fourth-order valence-electron chi connectivity index (χ4n) is 3.51. The molecule has 0 radical (unpaired) electrons. The number of rotatable bonds is 8. The van der Waals surface area contributed by atoms with Crippen LogP contribution in [0, 0.1) is 0 Å². The van der Waals surface area contributed by atoms with Crippen molar-refractivity contribution in [1.29, 1.82) is 0 Å². The van der Waals surface area contributed by atoms with Crippen molar-refractivity contribution < 1.29 is 9.47 Å². The van der Waals surface area contributed by atoms with Crippen LogP contribution in [0.15, 0.2) is 72.8 Å². The standard InChI is InChI=1S/C25H29N3O2.3ClH/c1-18-25(26)30-24-13-22(10-11-23(24)29-18)17-28-16-21-9-5-8-20(12-21)15-27-14-19-6-3-2-4-7-19;;;/h2-13,18,25,27-28H,14-17,26H2,1H3;3*1H. The lowest BCUT2D eigenvalue weighted by Crippen LogP contribution is -2.44. The second-order valence-corrected chi connectivity index (χ2v) is 7.70. The van der Waals surface area contributed by atoms with Gasteiger partial charge in [-0.3, -0.25) is 5.73 Å². The lowest BCUT2D eigenvalue weighted by Gasteiger charge is -2.29. The first-order valence-electron chi connectivity index (χ1n) is 10.4. The van der Waals surface area contributed by atoms with Gasteiger partial charge in [0, 0.05) is 26.2 Å². The van der Waals surface area contributed by atoms with Crippen LogP contribution in [0.3, 0.4) is 0 Å². The van der Waals surface area contributed by atoms with Crippen LogP contribution in [-0.2, 0) is 26.2 Å². The molecule has 0 aromatic heterocycles. The van der Waals surface area contributed by atoms with E-state index >= 15 is 0 Å². The molecule has 3 aromatic carbocycles. The summed E-state index contributed by atoms with van der Waals surface area (Å²) in [5, 5.41) is 7.01. The Morgan fingerprint density at radius 1 is 0.636 bits per heavy atom. The molecule has 2 atom stereocenters. The minimum absolute atomic E-state index is 0. The molecule has 2 unspecified atom stereocenters. The third-order valence-electron chi connectivity index (χ3n) is 5.20. The highest BCUT2D eigenvalue weighted by atomic mass is 35.5. The molecule has 0 fully saturated rings. The summed E-state index contributed by atoms with van der Waals surface area (Å²) < 4.78 is 11.5. The highest BCUT2D eigenvalue weighted by Crippen LogP contribution is 2.33. The lowest BCUT2D eigenvalue weighted by atomic mass is 10.1. The van der Waals surface area contributed by atoms with E-state index in [1.165, 1.54) is 16.7 Å². The number of fused-ring (bicyclic) bond motifs is 1. The number of hydrogen-bond donors (Lipinski definition) is 3. The van der Waals surface area contributed by atoms with E-state index in [0.29, 0.717) is 5.75 Å². The van der Waals surface area contributed by atoms with Gasteiger partial charge in [0.1, 0.15) is 6.10 Å². The van der Waals surface area contributed by atoms with Crippen LogP contribution in [-0.4, -0.2) is 12.3 Å². The molecule has 0 aliphatic carbocycles. The molecule has 4 rings (SSSR count). The highest BCUT2D eigenvalue weighted by Gasteiger charge is 2.24. The Hall–Kier alpha value is -1.99. The van der Waals surface area contributed by atoms with E-state index in [4.69, 9.17) is 15.2 Å². The fourth-order valence-corrected chi connectivity index (χ4v) is 3.51. The molecule has 5 nitrogen and oxygen atoms in total. The molecular formula is C25H32Cl3N3O2. The van der Waals surface area contributed by atoms with Crippen molar-refractivity contribution in [3.63, 3.8) is 0 Å². The Morgan fingerprint density at radius 3 is 1.82 bits per heavy atom. The molecule has 1 heterocycles. The van der Waals surface area contributed by atoms with E-state index in [0.717, 1.165) is 37.5 Å². The highest BCUT2D eigenvalue weighted by molar-refractivity contribution is 5.86. The van der Waals surface area contributed by atoms with Crippen LogP contribution in [0.2, 0.25) is 0 Å². The van der Waals surface area contributed by atoms with Crippen LogP contribution in [0.25, 0.3) is 0 Å². The first-order chi connectivity index (χ1) is 14.7. The van der Waals surface area contributed by atoms with E-state index in [9.17, 15) is 0 Å². The maximum atomic E-state index is 5.93. The van der Waals surface area contributed by atoms with Crippen LogP contribution in [0.1, 0.15) is 29.2 Å². The van der Waals surface area contributed by atoms with Crippen molar-refractivity contribution >= 4 is 37.2 Å². The molecule has 33 heavy (non-hydrogen) atoms. The summed E-state index contributed by atoms with van der Waals surface area (Å²) in [5.41, 5.74) is 10.9. The fraction of sp³-hybridized carbons (Fsp3) is 0.280. The van der Waals surface area contributed by atoms with Gasteiger partial charge in [-0.1, -0.05) is 60.7 Å². The summed E-state index contributed by atoms with van der Waals surface area (Å²) >= 11 is 0. The third kappa shape index (κ3) is 8.38. The van der Waals surface area contributed by atoms with Gasteiger partial charge in [0.2, 0.25) is 0 Å². The molecular weight excluding hydrogens is 481 g/mol. The van der Waals surface area contributed by atoms with Gasteiger partial charge in [0.05, 0.1) is 0 Å². The maximum Gasteiger partial charge on any atom is 0.184 e. The summed E-state index contributed by atoms with van der Waals surface area (Å²) in [6.45, 7) is 5.18. The van der Waals surface area contributed by atoms with Crippen LogP contribution in [0.4, 0.5) is 0 Å². The van der Waals surface area contributed by atoms with E-state index in [2.05, 4.69) is 65.2 Å². The maximum absolute atomic E-state index is 5.93. The Bertz CT molecular complexity index is 976. The lowest BCUT2D eigenvalue weighted by molar-refractivity contribution is 0.0355. The summed E-state index contributed by atoms with van der Waals surface area (Å²) in [6, 6.07) is 25.1. The summed E-state index contributed by atoms with van der Waals surface area (Å²) in [5.74, 6) is 1.47. The zero-order valence-corrected chi connectivity index (χ0v) is 21.0. The van der Waals surface area contributed by atoms with Gasteiger partial charge in [-0.05, 0) is 41.3 Å². The zero-order chi connectivity index (χ0) is 20.8. The molecule has 3 aromatic rings. The Kier molecular flexibility index (Phi) is 12.6. The average Bonchev–Trinajstić information content (AvgIpc) is 2.76. The third-order valence-corrected chi connectivity index (χ3v) is 5.20. The predicted molar refractivity (Wildman–Crippen MR) is 141 cm³/mol. The van der Waals surface area contributed by atoms with Crippen molar-refractivity contribution in [2.45, 2.75) is 45.4 Å². The minimum atomic E-state index is -0.432. The number of benzene rings is 3. The van der Waals surface area contributed by atoms with E-state index in [1.807, 2.05) is 25.1 Å². The van der Waals surface area contributed by atoms with Gasteiger partial charge in [-0.2, -0.15) is 0 Å². The van der Waals surface area contributed by atoms with Gasteiger partial charge in [0.15, 0.2) is 17.7 Å². The normalized spacial score (nSPS) is 16.1. The van der Waals surface area contributed by atoms with E-state index < -0.39 is 6.23 Å². The molecule has 180 valence electrons. The van der Waals surface area contributed by atoms with Gasteiger partial charge in [-0.25, -0.2) is 0 Å². The minimum Gasteiger partial charge on any atom is -0.481 e. The van der Waals surface area contributed by atoms with Crippen LogP contribution < -0.4 is 25.8 Å². The van der Waals surface area contributed by atoms with Crippen molar-refractivity contribution in [3.8, 4) is 11.5 Å². The Morgan fingerprint density at radius 2 is 1.18 bits per heavy atom. The number of hydrogen-bond acceptors (Lipinski definition) is 5. The molecule has 4 N–H and O–H groups in total. The van der Waals surface area contributed by atoms with Gasteiger partial charge in [0.25, 0.3) is 0 Å². The monoisotopic (exact) mass is 511 g/mol. The number of ether oxygens (including phenoxy) is 2. The molecule has 0 spiro atoms. The van der Waals surface area contributed by atoms with E-state index in [1.54, 1.807) is 0 Å². The second kappa shape index (κ2) is 14.3. The smallest absolute Gasteiger partial charge is 0.184 e. The SMILES string of the molecule is CC1Oc2ccc(CNCc3cccc(CNCc4ccccc4)c3)cc2OC1N.Cl.Cl.Cl. The largest absolute Gasteiger partial charge is 0.481 e. The van der Waals surface area contributed by atoms with Crippen molar-refractivity contribution in [2.75, 3.05) is 0 Å². The first-order valence-corrected chi connectivity index (χ1v) is 10.4. The molecule has 0 amide bonds. The molecule has 1 aliphatic rings. The van der Waals surface area contributed by atoms with Crippen molar-refractivity contribution in [1.82, 2.24) is 10.6 Å². The van der Waals surface area contributed by atoms with Crippen molar-refractivity contribution in [2.24, 2.45) is 5.73 Å². The molecule has 0 bridgehead atoms. The van der Waals surface area contributed by atoms with Crippen LogP contribution in [0.5, 0.6) is 11.5 Å². The molecule has 0 saturated heterocycles. The van der Waals surface area contributed by atoms with Gasteiger partial charge in [-0.15, -0.1) is 37.2 Å². The topological polar surface area (TPSA) is 68.5 Å². The molecule has 0 saturated carbocycles. The van der Waals surface area contributed by atoms with Gasteiger partial charge < -0.3 is 20.1 Å². The molecule has 1 aliphatic heterocycles. The summed E-state index contributed by atoms with van der Waals surface area (Å²) in [4.78, 5) is 0. The number of nitrogens with two attached hydrogens (primary N) is 1. The number of halogens is 3. The van der Waals surface area contributed by atoms with Crippen LogP contribution >= 0.6 is 37.2 Å². The quantitative estimate of drug-likeness (QED) is 0.397. The second-order valence-electron chi connectivity index (χ2n) is 7.70. The zero-order valence-electron chi connectivity index (χ0n) is 18.5. The summed E-state index contributed by atoms with van der Waals surface area (Å²) in [6.07, 6.45) is -0.574. The Balaban J connectivity index is 0.00000181. The summed E-state index contributed by atoms with van der Waals surface area (Å²) in [7, 11) is 0.